The van der Waals surface area contributed by atoms with Crippen LogP contribution in [0.15, 0.2) is 0 Å². The molecule has 0 saturated heterocycles. The highest BCUT2D eigenvalue weighted by Gasteiger charge is 1.89. The fourth-order valence-electron chi connectivity index (χ4n) is 0.526. The molecule has 0 amide bonds. The molecule has 0 aliphatic heterocycles. The Morgan fingerprint density at radius 3 is 2.17 bits per heavy atom. The van der Waals surface area contributed by atoms with Gasteiger partial charge in [-0.15, -0.1) is 0 Å². The van der Waals surface area contributed by atoms with Crippen LogP contribution in [0.5, 0.6) is 0 Å². The number of halogens is 1. The highest BCUT2D eigenvalue weighted by molar-refractivity contribution is 14.2. The summed E-state index contributed by atoms with van der Waals surface area (Å²) in [6.07, 6.45) is 0. The van der Waals surface area contributed by atoms with Gasteiger partial charge in [-0.25, -0.2) is 0 Å². The summed E-state index contributed by atoms with van der Waals surface area (Å²) in [5, 5.41) is 8.35. The summed E-state index contributed by atoms with van der Waals surface area (Å²) in [4.78, 5) is 0. The Morgan fingerprint density at radius 1 is 1.00 bits per heavy atom. The number of hydrogen-bond acceptors (Lipinski definition) is 4. The number of hydrogen-bond donors (Lipinski definition) is 1. The van der Waals surface area contributed by atoms with Crippen molar-refractivity contribution in [3.63, 3.8) is 0 Å². The third-order valence-corrected chi connectivity index (χ3v) is 2.24. The van der Waals surface area contributed by atoms with Gasteiger partial charge in [0.05, 0.1) is 46.1 Å². The van der Waals surface area contributed by atoms with Crippen LogP contribution in [0.4, 0.5) is 0 Å². The molecule has 0 aromatic carbocycles. The lowest BCUT2D eigenvalue weighted by molar-refractivity contribution is 0.0262. The summed E-state index contributed by atoms with van der Waals surface area (Å²) < 4.78 is 15.2. The van der Waals surface area contributed by atoms with Gasteiger partial charge in [0.2, 0.25) is 0 Å². The molecule has 4 nitrogen and oxygen atoms in total. The fourth-order valence-corrected chi connectivity index (χ4v) is 1.35. The summed E-state index contributed by atoms with van der Waals surface area (Å²) in [5.41, 5.74) is 0. The van der Waals surface area contributed by atoms with E-state index in [9.17, 15) is 0 Å². The SMILES string of the molecule is OCCOCCOCCOPI. The van der Waals surface area contributed by atoms with E-state index in [2.05, 4.69) is 22.0 Å². The third-order valence-electron chi connectivity index (χ3n) is 0.992. The van der Waals surface area contributed by atoms with Gasteiger partial charge < -0.3 is 19.1 Å². The van der Waals surface area contributed by atoms with E-state index in [0.29, 0.717) is 39.5 Å². The Hall–Kier alpha value is 1.00. The predicted molar refractivity (Wildman–Crippen MR) is 57.0 cm³/mol. The molecule has 0 aromatic heterocycles. The lowest BCUT2D eigenvalue weighted by Crippen LogP contribution is -2.09. The molecule has 12 heavy (non-hydrogen) atoms. The van der Waals surface area contributed by atoms with Crippen LogP contribution in [0, 0.1) is 0 Å². The van der Waals surface area contributed by atoms with Crippen molar-refractivity contribution in [1.82, 2.24) is 0 Å². The molecular weight excluding hydrogens is 294 g/mol. The fraction of sp³-hybridized carbons (Fsp3) is 1.00. The van der Waals surface area contributed by atoms with Crippen molar-refractivity contribution in [2.75, 3.05) is 39.6 Å². The highest BCUT2D eigenvalue weighted by atomic mass is 127. The second-order valence-corrected chi connectivity index (χ2v) is 3.64. The van der Waals surface area contributed by atoms with E-state index in [4.69, 9.17) is 19.1 Å². The molecule has 0 bridgehead atoms. The van der Waals surface area contributed by atoms with E-state index in [1.807, 2.05) is 0 Å². The highest BCUT2D eigenvalue weighted by Crippen LogP contribution is 2.20. The van der Waals surface area contributed by atoms with Gasteiger partial charge in [0.25, 0.3) is 0 Å². The number of ether oxygens (including phenoxy) is 2. The molecule has 0 rings (SSSR count). The average Bonchev–Trinajstić information content (AvgIpc) is 2.10. The summed E-state index contributed by atoms with van der Waals surface area (Å²) in [6, 6.07) is 0. The van der Waals surface area contributed by atoms with Crippen LogP contribution in [0.1, 0.15) is 0 Å². The van der Waals surface area contributed by atoms with Gasteiger partial charge in [-0.2, -0.15) is 0 Å². The van der Waals surface area contributed by atoms with Gasteiger partial charge >= 0.3 is 0 Å². The normalized spacial score (nSPS) is 11.5. The van der Waals surface area contributed by atoms with Crippen LogP contribution in [0.3, 0.4) is 0 Å². The molecule has 1 atom stereocenters. The molecule has 0 aliphatic carbocycles. The zero-order chi connectivity index (χ0) is 9.07. The second-order valence-electron chi connectivity index (χ2n) is 1.87. The molecule has 1 unspecified atom stereocenters. The Morgan fingerprint density at radius 2 is 1.58 bits per heavy atom. The van der Waals surface area contributed by atoms with Gasteiger partial charge in [-0.1, -0.05) is 0 Å². The van der Waals surface area contributed by atoms with Crippen molar-refractivity contribution in [2.45, 2.75) is 0 Å². The first-order chi connectivity index (χ1) is 5.91. The Labute approximate surface area is 87.3 Å². The summed E-state index contributed by atoms with van der Waals surface area (Å²) >= 11 is 2.16. The minimum absolute atomic E-state index is 0.0685. The quantitative estimate of drug-likeness (QED) is 0.392. The average molecular weight is 308 g/mol. The maximum absolute atomic E-state index is 8.35. The first-order valence-electron chi connectivity index (χ1n) is 3.65. The molecule has 0 spiro atoms. The van der Waals surface area contributed by atoms with Crippen LogP contribution in [-0.4, -0.2) is 44.7 Å². The molecule has 1 N–H and O–H groups in total. The zero-order valence-corrected chi connectivity index (χ0v) is 9.95. The van der Waals surface area contributed by atoms with Crippen LogP contribution in [-0.2, 0) is 14.0 Å². The Kier molecular flexibility index (Phi) is 13.0. The number of rotatable bonds is 9. The lowest BCUT2D eigenvalue weighted by Gasteiger charge is -2.03. The van der Waals surface area contributed by atoms with Crippen LogP contribution in [0.2, 0.25) is 0 Å². The smallest absolute Gasteiger partial charge is 0.0794 e. The summed E-state index contributed by atoms with van der Waals surface area (Å²) in [6.45, 7) is 3.30. The molecule has 0 heterocycles. The van der Waals surface area contributed by atoms with Crippen molar-refractivity contribution in [2.24, 2.45) is 0 Å². The molecule has 6 heteroatoms. The maximum atomic E-state index is 8.35. The lowest BCUT2D eigenvalue weighted by atomic mass is 10.7. The Balaban J connectivity index is 2.73. The molecule has 0 fully saturated rings. The third kappa shape index (κ3) is 11.0. The van der Waals surface area contributed by atoms with E-state index in [1.54, 1.807) is 0 Å². The van der Waals surface area contributed by atoms with Crippen molar-refractivity contribution >= 4 is 28.5 Å². The summed E-state index contributed by atoms with van der Waals surface area (Å²) in [5.74, 6) is 0. The largest absolute Gasteiger partial charge is 0.394 e. The van der Waals surface area contributed by atoms with Gasteiger partial charge in [0.1, 0.15) is 0 Å². The van der Waals surface area contributed by atoms with Crippen molar-refractivity contribution in [1.29, 1.82) is 0 Å². The predicted octanol–water partition coefficient (Wildman–Crippen LogP) is 0.972. The van der Waals surface area contributed by atoms with E-state index >= 15 is 0 Å². The van der Waals surface area contributed by atoms with Crippen molar-refractivity contribution < 1.29 is 19.1 Å². The zero-order valence-electron chi connectivity index (χ0n) is 6.79. The monoisotopic (exact) mass is 308 g/mol. The Bertz CT molecular complexity index is 75.9. The van der Waals surface area contributed by atoms with Gasteiger partial charge in [0, 0.05) is 0 Å². The van der Waals surface area contributed by atoms with Crippen LogP contribution in [0.25, 0.3) is 0 Å². The second kappa shape index (κ2) is 12.0. The van der Waals surface area contributed by atoms with E-state index in [1.165, 1.54) is 0 Å². The van der Waals surface area contributed by atoms with E-state index in [-0.39, 0.29) is 6.61 Å². The van der Waals surface area contributed by atoms with Crippen LogP contribution >= 0.6 is 28.5 Å². The number of aliphatic hydroxyl groups is 1. The van der Waals surface area contributed by atoms with Crippen molar-refractivity contribution in [3.8, 4) is 0 Å². The minimum Gasteiger partial charge on any atom is -0.394 e. The van der Waals surface area contributed by atoms with Crippen molar-refractivity contribution in [3.05, 3.63) is 0 Å². The standard InChI is InChI=1S/C6H14IO4P/c7-12-11-6-5-10-4-3-9-2-1-8/h8,12H,1-6H2. The maximum Gasteiger partial charge on any atom is 0.0794 e. The molecule has 0 aromatic rings. The van der Waals surface area contributed by atoms with E-state index < -0.39 is 0 Å². The molecule has 0 aliphatic rings. The topological polar surface area (TPSA) is 47.9 Å². The molecule has 0 saturated carbocycles. The molecule has 74 valence electrons. The summed E-state index contributed by atoms with van der Waals surface area (Å²) in [7, 11) is 0. The van der Waals surface area contributed by atoms with Gasteiger partial charge in [-0.05, 0) is 22.0 Å². The van der Waals surface area contributed by atoms with Crippen LogP contribution < -0.4 is 0 Å². The van der Waals surface area contributed by atoms with Gasteiger partial charge in [0.15, 0.2) is 0 Å². The van der Waals surface area contributed by atoms with E-state index in [0.717, 1.165) is 0 Å². The first kappa shape index (κ1) is 13.0. The number of aliphatic hydroxyl groups excluding tert-OH is 1. The first-order valence-corrected chi connectivity index (χ1v) is 7.68. The molecule has 0 radical (unpaired) electrons. The minimum atomic E-state index is 0.0685. The molecular formula is C6H14IO4P. The van der Waals surface area contributed by atoms with Gasteiger partial charge in [-0.3, -0.25) is 0 Å².